The molecule has 0 aliphatic carbocycles. The van der Waals surface area contributed by atoms with Crippen LogP contribution in [0.25, 0.3) is 11.6 Å². The molecule has 1 saturated heterocycles. The number of nitrogens with one attached hydrogen (secondary N) is 3. The molecule has 3 aromatic rings. The number of anilines is 1. The molecule has 0 bridgehead atoms. The second-order valence-electron chi connectivity index (χ2n) is 8.42. The number of H-pyrrole nitrogens is 1. The highest BCUT2D eigenvalue weighted by Crippen LogP contribution is 2.34. The third kappa shape index (κ3) is 4.19. The van der Waals surface area contributed by atoms with Gasteiger partial charge in [0.2, 0.25) is 0 Å². The van der Waals surface area contributed by atoms with Gasteiger partial charge in [-0.3, -0.25) is 24.2 Å². The molecule has 2 aliphatic heterocycles. The number of carbonyl (C=O) groups excluding carboxylic acids is 3. The van der Waals surface area contributed by atoms with Crippen molar-refractivity contribution in [1.82, 2.24) is 20.3 Å². The van der Waals surface area contributed by atoms with Crippen molar-refractivity contribution >= 4 is 35.1 Å². The Morgan fingerprint density at radius 2 is 2.14 bits per heavy atom. The third-order valence-corrected chi connectivity index (χ3v) is 6.05. The van der Waals surface area contributed by atoms with Crippen LogP contribution in [-0.2, 0) is 21.0 Å². The fraction of sp³-hybridized carbons (Fsp3) is 0.200. The molecule has 2 aromatic heterocycles. The van der Waals surface area contributed by atoms with E-state index in [4.69, 9.17) is 4.84 Å². The Hall–Kier alpha value is -4.31. The number of nitrogens with zero attached hydrogens (tertiary/aromatic N) is 2. The van der Waals surface area contributed by atoms with Gasteiger partial charge in [0.25, 0.3) is 17.7 Å². The van der Waals surface area contributed by atoms with E-state index in [9.17, 15) is 18.8 Å². The Bertz CT molecular complexity index is 1380. The number of halogens is 1. The smallest absolute Gasteiger partial charge is 0.271 e. The molecular formula is C25H22FN5O4. The van der Waals surface area contributed by atoms with Gasteiger partial charge in [-0.2, -0.15) is 0 Å². The summed E-state index contributed by atoms with van der Waals surface area (Å²) in [5.74, 6) is -1.60. The standard InChI is InChI=1S/C25H22FN5O4/c1-13-20(9-18-17-8-16(26)5-6-19(17)29-23(18)32)28-14(2)22(13)24(33)30-21-12-35-31(25(21)34)11-15-4-3-7-27-10-15/h3-10,21,28H,11-12H2,1-2H3,(H,29,32)(H,30,33)/b18-9-/t21-/m1/s1. The van der Waals surface area contributed by atoms with E-state index in [1.54, 1.807) is 38.4 Å². The highest BCUT2D eigenvalue weighted by Gasteiger charge is 2.35. The molecule has 10 heteroatoms. The van der Waals surface area contributed by atoms with Crippen LogP contribution in [0.15, 0.2) is 42.7 Å². The Kier molecular flexibility index (Phi) is 5.65. The van der Waals surface area contributed by atoms with Crippen molar-refractivity contribution < 1.29 is 23.6 Å². The van der Waals surface area contributed by atoms with Gasteiger partial charge in [0.1, 0.15) is 18.5 Å². The minimum atomic E-state index is -0.829. The topological polar surface area (TPSA) is 116 Å². The Morgan fingerprint density at radius 3 is 2.91 bits per heavy atom. The second-order valence-corrected chi connectivity index (χ2v) is 8.42. The number of aromatic nitrogens is 2. The summed E-state index contributed by atoms with van der Waals surface area (Å²) < 4.78 is 13.8. The van der Waals surface area contributed by atoms with Gasteiger partial charge in [-0.05, 0) is 55.3 Å². The lowest BCUT2D eigenvalue weighted by Gasteiger charge is -2.14. The average Bonchev–Trinajstić information content (AvgIpc) is 3.43. The van der Waals surface area contributed by atoms with Crippen LogP contribution in [0.1, 0.15) is 38.4 Å². The van der Waals surface area contributed by atoms with Crippen molar-refractivity contribution in [1.29, 1.82) is 0 Å². The molecular weight excluding hydrogens is 453 g/mol. The van der Waals surface area contributed by atoms with Crippen LogP contribution < -0.4 is 10.6 Å². The molecule has 35 heavy (non-hydrogen) atoms. The molecule has 1 fully saturated rings. The molecule has 1 aromatic carbocycles. The maximum Gasteiger partial charge on any atom is 0.271 e. The van der Waals surface area contributed by atoms with E-state index in [0.717, 1.165) is 5.56 Å². The molecule has 178 valence electrons. The number of pyridine rings is 1. The fourth-order valence-electron chi connectivity index (χ4n) is 4.30. The van der Waals surface area contributed by atoms with Gasteiger partial charge in [-0.25, -0.2) is 9.45 Å². The molecule has 9 nitrogen and oxygen atoms in total. The summed E-state index contributed by atoms with van der Waals surface area (Å²) in [5.41, 5.74) is 4.16. The van der Waals surface area contributed by atoms with E-state index >= 15 is 0 Å². The number of carbonyl (C=O) groups is 3. The van der Waals surface area contributed by atoms with Crippen LogP contribution in [0.4, 0.5) is 10.1 Å². The minimum absolute atomic E-state index is 0.0206. The SMILES string of the molecule is Cc1[nH]c(/C=C2\C(=O)Nc3ccc(F)cc32)c(C)c1C(=O)N[C@@H]1CON(Cc2cccnc2)C1=O. The maximum absolute atomic E-state index is 13.8. The van der Waals surface area contributed by atoms with Crippen molar-refractivity contribution in [3.8, 4) is 0 Å². The van der Waals surface area contributed by atoms with Crippen molar-refractivity contribution in [3.05, 3.63) is 82.2 Å². The lowest BCUT2D eigenvalue weighted by molar-refractivity contribution is -0.164. The predicted molar refractivity (Wildman–Crippen MR) is 125 cm³/mol. The first-order valence-electron chi connectivity index (χ1n) is 11.0. The summed E-state index contributed by atoms with van der Waals surface area (Å²) in [7, 11) is 0. The predicted octanol–water partition coefficient (Wildman–Crippen LogP) is 2.73. The van der Waals surface area contributed by atoms with Crippen LogP contribution in [0, 0.1) is 19.7 Å². The quantitative estimate of drug-likeness (QED) is 0.491. The fourth-order valence-corrected chi connectivity index (χ4v) is 4.30. The van der Waals surface area contributed by atoms with Crippen LogP contribution in [0.5, 0.6) is 0 Å². The van der Waals surface area contributed by atoms with E-state index in [1.165, 1.54) is 23.3 Å². The summed E-state index contributed by atoms with van der Waals surface area (Å²) in [6.07, 6.45) is 4.88. The van der Waals surface area contributed by atoms with Gasteiger partial charge in [0.05, 0.1) is 17.7 Å². The van der Waals surface area contributed by atoms with E-state index in [0.29, 0.717) is 39.3 Å². The first kappa shape index (κ1) is 22.5. The number of fused-ring (bicyclic) bond motifs is 1. The molecule has 2 aliphatic rings. The lowest BCUT2D eigenvalue weighted by Crippen LogP contribution is -2.42. The highest BCUT2D eigenvalue weighted by molar-refractivity contribution is 6.34. The Morgan fingerprint density at radius 1 is 1.31 bits per heavy atom. The Balaban J connectivity index is 1.34. The van der Waals surface area contributed by atoms with Gasteiger partial charge in [0, 0.05) is 35.0 Å². The molecule has 0 saturated carbocycles. The summed E-state index contributed by atoms with van der Waals surface area (Å²) >= 11 is 0. The van der Waals surface area contributed by atoms with Gasteiger partial charge in [0.15, 0.2) is 0 Å². The second kappa shape index (κ2) is 8.80. The van der Waals surface area contributed by atoms with Gasteiger partial charge >= 0.3 is 0 Å². The third-order valence-electron chi connectivity index (χ3n) is 6.05. The first-order valence-corrected chi connectivity index (χ1v) is 11.0. The van der Waals surface area contributed by atoms with Crippen molar-refractivity contribution in [2.45, 2.75) is 26.4 Å². The number of hydrogen-bond acceptors (Lipinski definition) is 5. The van der Waals surface area contributed by atoms with Crippen LogP contribution in [-0.4, -0.2) is 45.4 Å². The Labute approximate surface area is 199 Å². The number of aryl methyl sites for hydroxylation is 1. The summed E-state index contributed by atoms with van der Waals surface area (Å²) in [6, 6.07) is 6.85. The summed E-state index contributed by atoms with van der Waals surface area (Å²) in [5, 5.41) is 6.66. The number of aromatic amines is 1. The largest absolute Gasteiger partial charge is 0.358 e. The average molecular weight is 475 g/mol. The normalized spacial score (nSPS) is 18.2. The zero-order chi connectivity index (χ0) is 24.7. The number of hydrogen-bond donors (Lipinski definition) is 3. The molecule has 4 heterocycles. The maximum atomic E-state index is 13.8. The van der Waals surface area contributed by atoms with E-state index in [2.05, 4.69) is 20.6 Å². The molecule has 0 radical (unpaired) electrons. The monoisotopic (exact) mass is 475 g/mol. The van der Waals surface area contributed by atoms with Crippen molar-refractivity contribution in [3.63, 3.8) is 0 Å². The lowest BCUT2D eigenvalue weighted by atomic mass is 10.0. The summed E-state index contributed by atoms with van der Waals surface area (Å²) in [4.78, 5) is 50.9. The van der Waals surface area contributed by atoms with Crippen molar-refractivity contribution in [2.24, 2.45) is 0 Å². The molecule has 0 unspecified atom stereocenters. The number of rotatable bonds is 5. The van der Waals surface area contributed by atoms with Gasteiger partial charge < -0.3 is 15.6 Å². The first-order chi connectivity index (χ1) is 16.8. The van der Waals surface area contributed by atoms with Crippen molar-refractivity contribution in [2.75, 3.05) is 11.9 Å². The van der Waals surface area contributed by atoms with Gasteiger partial charge in [-0.1, -0.05) is 6.07 Å². The number of hydroxylamine groups is 2. The molecule has 1 atom stereocenters. The highest BCUT2D eigenvalue weighted by atomic mass is 19.1. The molecule has 3 amide bonds. The van der Waals surface area contributed by atoms with Crippen LogP contribution in [0.2, 0.25) is 0 Å². The van der Waals surface area contributed by atoms with E-state index < -0.39 is 17.8 Å². The minimum Gasteiger partial charge on any atom is -0.358 e. The zero-order valence-electron chi connectivity index (χ0n) is 19.0. The van der Waals surface area contributed by atoms with Crippen LogP contribution in [0.3, 0.4) is 0 Å². The van der Waals surface area contributed by atoms with E-state index in [-0.39, 0.29) is 25.0 Å². The molecule has 3 N–H and O–H groups in total. The van der Waals surface area contributed by atoms with Gasteiger partial charge in [-0.15, -0.1) is 0 Å². The molecule has 5 rings (SSSR count). The number of benzene rings is 1. The zero-order valence-corrected chi connectivity index (χ0v) is 19.0. The number of amides is 3. The van der Waals surface area contributed by atoms with Crippen LogP contribution >= 0.6 is 0 Å². The summed E-state index contributed by atoms with van der Waals surface area (Å²) in [6.45, 7) is 3.72. The van der Waals surface area contributed by atoms with E-state index in [1.807, 2.05) is 6.07 Å². The molecule has 0 spiro atoms.